The van der Waals surface area contributed by atoms with Crippen molar-refractivity contribution >= 4 is 17.8 Å². The van der Waals surface area contributed by atoms with Crippen LogP contribution < -0.4 is 10.1 Å². The number of halogens is 14. The zero-order valence-electron chi connectivity index (χ0n) is 20.2. The van der Waals surface area contributed by atoms with Crippen molar-refractivity contribution in [1.82, 2.24) is 5.32 Å². The first-order valence-corrected chi connectivity index (χ1v) is 10.6. The molecule has 1 aromatic carbocycles. The van der Waals surface area contributed by atoms with E-state index in [-0.39, 0.29) is 5.56 Å². The van der Waals surface area contributed by atoms with Gasteiger partial charge in [-0.15, -0.1) is 0 Å². The van der Waals surface area contributed by atoms with Gasteiger partial charge in [0.2, 0.25) is 0 Å². The Hall–Kier alpha value is -3.35. The summed E-state index contributed by atoms with van der Waals surface area (Å²) in [5.74, 6) is -36.3. The molecule has 1 amide bonds. The number of carbonyl (C=O) groups excluding carboxylic acids is 3. The lowest BCUT2D eigenvalue weighted by Gasteiger charge is -2.28. The minimum absolute atomic E-state index is 0.352. The predicted molar refractivity (Wildman–Crippen MR) is 105 cm³/mol. The van der Waals surface area contributed by atoms with Gasteiger partial charge < -0.3 is 14.8 Å². The highest BCUT2D eigenvalue weighted by Gasteiger charge is 2.78. The quantitative estimate of drug-likeness (QED) is 0.199. The first-order valence-electron chi connectivity index (χ1n) is 10.6. The molecule has 1 aromatic rings. The number of ether oxygens (including phenoxy) is 2. The topological polar surface area (TPSA) is 81.7 Å². The van der Waals surface area contributed by atoms with Crippen molar-refractivity contribution in [2.75, 3.05) is 6.61 Å². The molecule has 0 saturated carbocycles. The monoisotopic (exact) mass is 629 g/mol. The molecule has 0 fully saturated rings. The predicted octanol–water partition coefficient (Wildman–Crippen LogP) is 5.48. The van der Waals surface area contributed by atoms with Gasteiger partial charge in [0.05, 0.1) is 6.61 Å². The fraction of sp³-hybridized carbons (Fsp3) is 0.571. The molecule has 0 aliphatic carbocycles. The molecule has 1 unspecified atom stereocenters. The van der Waals surface area contributed by atoms with E-state index in [1.165, 1.54) is 13.8 Å². The first kappa shape index (κ1) is 35.7. The van der Waals surface area contributed by atoms with Gasteiger partial charge in [0.1, 0.15) is 11.8 Å². The third-order valence-electron chi connectivity index (χ3n) is 4.76. The van der Waals surface area contributed by atoms with Crippen LogP contribution >= 0.6 is 0 Å². The molecule has 20 heteroatoms. The van der Waals surface area contributed by atoms with E-state index in [4.69, 9.17) is 0 Å². The van der Waals surface area contributed by atoms with Crippen LogP contribution in [0.2, 0.25) is 0 Å². The summed E-state index contributed by atoms with van der Waals surface area (Å²) in [6.45, 7) is 2.48. The minimum Gasteiger partial charge on any atom is -0.464 e. The molecule has 0 saturated heterocycles. The molecule has 234 valence electrons. The Kier molecular flexibility index (Phi) is 10.3. The Balaban J connectivity index is 3.20. The van der Waals surface area contributed by atoms with Crippen LogP contribution in [-0.4, -0.2) is 66.5 Å². The fourth-order valence-electron chi connectivity index (χ4n) is 2.52. The standard InChI is InChI=1S/C21H17F14NO5/c1-9(2)8-40-13(37)12(36-14(38)16(22,23)18(26,27)20(30,31)32)7-10-3-5-11(6-4-10)41-15(39)17(24,25)19(28,29)21(33,34)35/h3-6,9,12H,7-8H2,1-2H3,(H,36,38). The van der Waals surface area contributed by atoms with Crippen LogP contribution in [0.4, 0.5) is 61.5 Å². The normalized spacial score (nSPS) is 14.5. The van der Waals surface area contributed by atoms with Gasteiger partial charge in [-0.25, -0.2) is 9.59 Å². The molecule has 6 nitrogen and oxygen atoms in total. The second kappa shape index (κ2) is 11.9. The van der Waals surface area contributed by atoms with E-state index in [1.54, 1.807) is 0 Å². The number of alkyl halides is 14. The summed E-state index contributed by atoms with van der Waals surface area (Å²) in [6, 6.07) is -0.154. The third kappa shape index (κ3) is 7.69. The maximum Gasteiger partial charge on any atom is 0.460 e. The average molecular weight is 629 g/mol. The Morgan fingerprint density at radius 3 is 1.59 bits per heavy atom. The maximum atomic E-state index is 13.7. The largest absolute Gasteiger partial charge is 0.464 e. The lowest BCUT2D eigenvalue weighted by atomic mass is 10.0. The van der Waals surface area contributed by atoms with E-state index in [0.29, 0.717) is 24.3 Å². The van der Waals surface area contributed by atoms with Gasteiger partial charge in [0.15, 0.2) is 0 Å². The number of esters is 2. The van der Waals surface area contributed by atoms with Crippen molar-refractivity contribution in [2.24, 2.45) is 5.92 Å². The van der Waals surface area contributed by atoms with Crippen LogP contribution in [0.5, 0.6) is 5.75 Å². The average Bonchev–Trinajstić information content (AvgIpc) is 2.81. The van der Waals surface area contributed by atoms with Crippen LogP contribution in [0.1, 0.15) is 19.4 Å². The van der Waals surface area contributed by atoms with Crippen molar-refractivity contribution in [1.29, 1.82) is 0 Å². The number of benzene rings is 1. The van der Waals surface area contributed by atoms with Crippen LogP contribution in [0, 0.1) is 5.92 Å². The minimum atomic E-state index is -6.89. The molecule has 0 radical (unpaired) electrons. The SMILES string of the molecule is CC(C)COC(=O)C(Cc1ccc(OC(=O)C(F)(F)C(F)(F)C(F)(F)F)cc1)NC(=O)C(F)(F)C(F)(F)C(F)(F)F. The summed E-state index contributed by atoms with van der Waals surface area (Å²) in [6.07, 6.45) is -14.8. The Labute approximate surface area is 219 Å². The summed E-state index contributed by atoms with van der Waals surface area (Å²) >= 11 is 0. The van der Waals surface area contributed by atoms with Crippen molar-refractivity contribution in [3.63, 3.8) is 0 Å². The number of hydrogen-bond donors (Lipinski definition) is 1. The van der Waals surface area contributed by atoms with Crippen molar-refractivity contribution < 1.29 is 85.3 Å². The van der Waals surface area contributed by atoms with E-state index in [2.05, 4.69) is 9.47 Å². The van der Waals surface area contributed by atoms with E-state index in [1.807, 2.05) is 0 Å². The number of rotatable bonds is 11. The van der Waals surface area contributed by atoms with Gasteiger partial charge >= 0.3 is 48.0 Å². The summed E-state index contributed by atoms with van der Waals surface area (Å²) < 4.78 is 189. The van der Waals surface area contributed by atoms with Crippen LogP contribution in [0.15, 0.2) is 24.3 Å². The van der Waals surface area contributed by atoms with Crippen LogP contribution in [0.3, 0.4) is 0 Å². The second-order valence-corrected chi connectivity index (χ2v) is 8.58. The molecular formula is C21H17F14NO5. The number of amides is 1. The number of hydrogen-bond acceptors (Lipinski definition) is 5. The van der Waals surface area contributed by atoms with Gasteiger partial charge in [-0.05, 0) is 23.6 Å². The van der Waals surface area contributed by atoms with Crippen molar-refractivity contribution in [2.45, 2.75) is 62.4 Å². The molecule has 0 aliphatic rings. The summed E-state index contributed by atoms with van der Waals surface area (Å²) in [7, 11) is 0. The van der Waals surface area contributed by atoms with E-state index < -0.39 is 84.6 Å². The highest BCUT2D eigenvalue weighted by Crippen LogP contribution is 2.48. The lowest BCUT2D eigenvalue weighted by Crippen LogP contribution is -2.61. The summed E-state index contributed by atoms with van der Waals surface area (Å²) in [5, 5.41) is 0.987. The molecule has 0 spiro atoms. The molecular weight excluding hydrogens is 612 g/mol. The molecule has 1 atom stereocenters. The lowest BCUT2D eigenvalue weighted by molar-refractivity contribution is -0.346. The zero-order valence-corrected chi connectivity index (χ0v) is 20.2. The van der Waals surface area contributed by atoms with Gasteiger partial charge in [0.25, 0.3) is 5.91 Å². The molecule has 1 N–H and O–H groups in total. The van der Waals surface area contributed by atoms with Crippen molar-refractivity contribution in [3.05, 3.63) is 29.8 Å². The first-order chi connectivity index (χ1) is 18.2. The Morgan fingerprint density at radius 2 is 1.17 bits per heavy atom. The van der Waals surface area contributed by atoms with E-state index in [0.717, 1.165) is 5.32 Å². The molecule has 41 heavy (non-hydrogen) atoms. The highest BCUT2D eigenvalue weighted by atomic mass is 19.4. The maximum absolute atomic E-state index is 13.7. The fourth-order valence-corrected chi connectivity index (χ4v) is 2.52. The third-order valence-corrected chi connectivity index (χ3v) is 4.76. The number of nitrogens with one attached hydrogen (secondary N) is 1. The number of carbonyl (C=O) groups is 3. The smallest absolute Gasteiger partial charge is 0.460 e. The van der Waals surface area contributed by atoms with Gasteiger partial charge in [-0.3, -0.25) is 4.79 Å². The van der Waals surface area contributed by atoms with Gasteiger partial charge in [-0.2, -0.15) is 61.5 Å². The zero-order chi connectivity index (χ0) is 32.4. The Bertz CT molecular complexity index is 1100. The molecule has 0 aliphatic heterocycles. The summed E-state index contributed by atoms with van der Waals surface area (Å²) in [4.78, 5) is 35.3. The van der Waals surface area contributed by atoms with Gasteiger partial charge in [-0.1, -0.05) is 26.0 Å². The van der Waals surface area contributed by atoms with E-state index in [9.17, 15) is 75.8 Å². The molecule has 0 aromatic heterocycles. The Morgan fingerprint density at radius 1 is 0.732 bits per heavy atom. The summed E-state index contributed by atoms with van der Waals surface area (Å²) in [5.41, 5.74) is -0.352. The van der Waals surface area contributed by atoms with Gasteiger partial charge in [0, 0.05) is 6.42 Å². The van der Waals surface area contributed by atoms with Crippen LogP contribution in [-0.2, 0) is 25.5 Å². The van der Waals surface area contributed by atoms with Crippen LogP contribution in [0.25, 0.3) is 0 Å². The molecule has 0 heterocycles. The highest BCUT2D eigenvalue weighted by molar-refractivity contribution is 5.89. The second-order valence-electron chi connectivity index (χ2n) is 8.58. The van der Waals surface area contributed by atoms with Crippen molar-refractivity contribution in [3.8, 4) is 5.75 Å². The molecule has 1 rings (SSSR count). The molecule has 0 bridgehead atoms. The van der Waals surface area contributed by atoms with E-state index >= 15 is 0 Å².